The molecule has 140 valence electrons. The third kappa shape index (κ3) is 4.13. The van der Waals surface area contributed by atoms with Gasteiger partial charge in [-0.25, -0.2) is 4.79 Å². The zero-order chi connectivity index (χ0) is 19.2. The minimum atomic E-state index is -0.310. The van der Waals surface area contributed by atoms with Crippen LogP contribution in [0, 0.1) is 0 Å². The molecule has 7 nitrogen and oxygen atoms in total. The summed E-state index contributed by atoms with van der Waals surface area (Å²) in [6.45, 7) is 3.44. The smallest absolute Gasteiger partial charge is 0.317 e. The molecule has 0 bridgehead atoms. The van der Waals surface area contributed by atoms with E-state index in [4.69, 9.17) is 0 Å². The second-order valence-corrected chi connectivity index (χ2v) is 6.22. The molecular formula is C20H22N4O3. The van der Waals surface area contributed by atoms with Crippen LogP contribution in [0.25, 0.3) is 0 Å². The topological polar surface area (TPSA) is 82.6 Å². The fourth-order valence-electron chi connectivity index (χ4n) is 3.05. The Morgan fingerprint density at radius 1 is 1.07 bits per heavy atom. The fraction of sp³-hybridized carbons (Fsp3) is 0.300. The molecule has 1 aromatic heterocycles. The van der Waals surface area contributed by atoms with Crippen molar-refractivity contribution in [3.8, 4) is 0 Å². The third-order valence-corrected chi connectivity index (χ3v) is 4.58. The number of likely N-dealkylation sites (N-methyl/N-ethyl adjacent to an activating group) is 1. The Labute approximate surface area is 158 Å². The normalized spacial score (nSPS) is 12.9. The standard InChI is InChI=1S/C20H22N4O3/c1-2-23(13-9-15-7-10-21-11-8-15)20(27)22-12-14-24-18(25)16-5-3-4-6-17(16)19(24)26/h3-8,10-11H,2,9,12-14H2,1H3,(H,22,27). The van der Waals surface area contributed by atoms with E-state index < -0.39 is 0 Å². The Balaban J connectivity index is 1.49. The first-order valence-corrected chi connectivity index (χ1v) is 8.98. The molecule has 0 unspecified atom stereocenters. The van der Waals surface area contributed by atoms with Crippen molar-refractivity contribution in [1.82, 2.24) is 20.1 Å². The minimum Gasteiger partial charge on any atom is -0.336 e. The van der Waals surface area contributed by atoms with Gasteiger partial charge in [-0.3, -0.25) is 19.5 Å². The highest BCUT2D eigenvalue weighted by Crippen LogP contribution is 2.21. The lowest BCUT2D eigenvalue weighted by molar-refractivity contribution is 0.0655. The molecular weight excluding hydrogens is 344 g/mol. The van der Waals surface area contributed by atoms with Crippen LogP contribution in [-0.4, -0.2) is 58.8 Å². The van der Waals surface area contributed by atoms with Gasteiger partial charge in [0.1, 0.15) is 0 Å². The number of hydrogen-bond donors (Lipinski definition) is 1. The number of pyridine rings is 1. The van der Waals surface area contributed by atoms with Crippen LogP contribution in [0.15, 0.2) is 48.8 Å². The van der Waals surface area contributed by atoms with E-state index >= 15 is 0 Å². The number of fused-ring (bicyclic) bond motifs is 1. The number of rotatable bonds is 7. The molecule has 1 aliphatic heterocycles. The number of hydrogen-bond acceptors (Lipinski definition) is 4. The predicted octanol–water partition coefficient (Wildman–Crippen LogP) is 1.95. The summed E-state index contributed by atoms with van der Waals surface area (Å²) in [5, 5.41) is 2.79. The van der Waals surface area contributed by atoms with Gasteiger partial charge in [0.25, 0.3) is 11.8 Å². The quantitative estimate of drug-likeness (QED) is 0.760. The van der Waals surface area contributed by atoms with Gasteiger partial charge in [-0.15, -0.1) is 0 Å². The summed E-state index contributed by atoms with van der Waals surface area (Å²) < 4.78 is 0. The lowest BCUT2D eigenvalue weighted by Gasteiger charge is -2.22. The van der Waals surface area contributed by atoms with Gasteiger partial charge in [-0.1, -0.05) is 12.1 Å². The highest BCUT2D eigenvalue weighted by Gasteiger charge is 2.34. The van der Waals surface area contributed by atoms with Crippen molar-refractivity contribution in [3.63, 3.8) is 0 Å². The van der Waals surface area contributed by atoms with Crippen LogP contribution < -0.4 is 5.32 Å². The van der Waals surface area contributed by atoms with Crippen molar-refractivity contribution in [2.24, 2.45) is 0 Å². The first-order valence-electron chi connectivity index (χ1n) is 8.98. The van der Waals surface area contributed by atoms with Gasteiger partial charge in [-0.05, 0) is 43.2 Å². The first-order chi connectivity index (χ1) is 13.1. The molecule has 0 aliphatic carbocycles. The average Bonchev–Trinajstić information content (AvgIpc) is 2.94. The van der Waals surface area contributed by atoms with E-state index in [1.165, 1.54) is 4.90 Å². The number of urea groups is 1. The summed E-state index contributed by atoms with van der Waals surface area (Å²) >= 11 is 0. The number of carbonyl (C=O) groups excluding carboxylic acids is 3. The van der Waals surface area contributed by atoms with Gasteiger partial charge in [0.15, 0.2) is 0 Å². The van der Waals surface area contributed by atoms with Gasteiger partial charge in [0.2, 0.25) is 0 Å². The maximum atomic E-state index is 12.4. The average molecular weight is 366 g/mol. The number of nitrogens with one attached hydrogen (secondary N) is 1. The molecule has 0 spiro atoms. The molecule has 1 aromatic carbocycles. The number of amides is 4. The lowest BCUT2D eigenvalue weighted by atomic mass is 10.1. The van der Waals surface area contributed by atoms with E-state index in [-0.39, 0.29) is 30.9 Å². The van der Waals surface area contributed by atoms with Gasteiger partial charge < -0.3 is 10.2 Å². The molecule has 7 heteroatoms. The highest BCUT2D eigenvalue weighted by atomic mass is 16.2. The molecule has 0 radical (unpaired) electrons. The van der Waals surface area contributed by atoms with E-state index in [9.17, 15) is 14.4 Å². The molecule has 0 saturated carbocycles. The van der Waals surface area contributed by atoms with E-state index in [1.54, 1.807) is 41.6 Å². The summed E-state index contributed by atoms with van der Waals surface area (Å²) in [6.07, 6.45) is 4.20. The number of benzene rings is 1. The van der Waals surface area contributed by atoms with Gasteiger partial charge in [-0.2, -0.15) is 0 Å². The maximum absolute atomic E-state index is 12.4. The van der Waals surface area contributed by atoms with Crippen LogP contribution in [-0.2, 0) is 6.42 Å². The third-order valence-electron chi connectivity index (χ3n) is 4.58. The Morgan fingerprint density at radius 2 is 1.70 bits per heavy atom. The number of carbonyl (C=O) groups is 3. The van der Waals surface area contributed by atoms with Crippen LogP contribution in [0.2, 0.25) is 0 Å². The lowest BCUT2D eigenvalue weighted by Crippen LogP contribution is -2.44. The van der Waals surface area contributed by atoms with Crippen molar-refractivity contribution in [2.75, 3.05) is 26.2 Å². The summed E-state index contributed by atoms with van der Waals surface area (Å²) in [5.74, 6) is -0.621. The molecule has 0 saturated heterocycles. The first kappa shape index (κ1) is 18.6. The number of nitrogens with zero attached hydrogens (tertiary/aromatic N) is 3. The van der Waals surface area contributed by atoms with E-state index in [2.05, 4.69) is 10.3 Å². The van der Waals surface area contributed by atoms with Crippen LogP contribution in [0.4, 0.5) is 4.79 Å². The zero-order valence-electron chi connectivity index (χ0n) is 15.2. The minimum absolute atomic E-state index is 0.153. The summed E-state index contributed by atoms with van der Waals surface area (Å²) in [7, 11) is 0. The van der Waals surface area contributed by atoms with E-state index in [0.717, 1.165) is 12.0 Å². The largest absolute Gasteiger partial charge is 0.336 e. The van der Waals surface area contributed by atoms with E-state index in [0.29, 0.717) is 24.2 Å². The molecule has 2 aromatic rings. The molecule has 4 amide bonds. The van der Waals surface area contributed by atoms with Gasteiger partial charge >= 0.3 is 6.03 Å². The maximum Gasteiger partial charge on any atom is 0.317 e. The number of imide groups is 1. The molecule has 27 heavy (non-hydrogen) atoms. The summed E-state index contributed by atoms with van der Waals surface area (Å²) in [6, 6.07) is 10.4. The SMILES string of the molecule is CCN(CCc1ccncc1)C(=O)NCCN1C(=O)c2ccccc2C1=O. The molecule has 0 atom stereocenters. The van der Waals surface area contributed by atoms with E-state index in [1.807, 2.05) is 19.1 Å². The van der Waals surface area contributed by atoms with Crippen LogP contribution in [0.5, 0.6) is 0 Å². The number of aromatic nitrogens is 1. The van der Waals surface area contributed by atoms with Crippen LogP contribution in [0.3, 0.4) is 0 Å². The van der Waals surface area contributed by atoms with Crippen molar-refractivity contribution in [2.45, 2.75) is 13.3 Å². The van der Waals surface area contributed by atoms with Crippen molar-refractivity contribution in [3.05, 3.63) is 65.5 Å². The Kier molecular flexibility index (Phi) is 5.80. The van der Waals surface area contributed by atoms with Crippen molar-refractivity contribution in [1.29, 1.82) is 0 Å². The van der Waals surface area contributed by atoms with Gasteiger partial charge in [0, 0.05) is 38.6 Å². The second kappa shape index (κ2) is 8.44. The molecule has 1 N–H and O–H groups in total. The molecule has 3 rings (SSSR count). The van der Waals surface area contributed by atoms with Crippen molar-refractivity contribution < 1.29 is 14.4 Å². The molecule has 2 heterocycles. The Morgan fingerprint density at radius 3 is 2.30 bits per heavy atom. The summed E-state index contributed by atoms with van der Waals surface area (Å²) in [4.78, 5) is 43.8. The Hall–Kier alpha value is -3.22. The highest BCUT2D eigenvalue weighted by molar-refractivity contribution is 6.21. The molecule has 1 aliphatic rings. The zero-order valence-corrected chi connectivity index (χ0v) is 15.2. The monoisotopic (exact) mass is 366 g/mol. The fourth-order valence-corrected chi connectivity index (χ4v) is 3.05. The van der Waals surface area contributed by atoms with Crippen LogP contribution >= 0.6 is 0 Å². The Bertz CT molecular complexity index is 803. The van der Waals surface area contributed by atoms with Crippen LogP contribution in [0.1, 0.15) is 33.2 Å². The second-order valence-electron chi connectivity index (χ2n) is 6.22. The molecule has 0 fully saturated rings. The summed E-state index contributed by atoms with van der Waals surface area (Å²) in [5.41, 5.74) is 1.95. The predicted molar refractivity (Wildman–Crippen MR) is 100 cm³/mol. The van der Waals surface area contributed by atoms with Gasteiger partial charge in [0.05, 0.1) is 11.1 Å². The van der Waals surface area contributed by atoms with Crippen molar-refractivity contribution >= 4 is 17.8 Å².